The molecule has 0 aliphatic carbocycles. The summed E-state index contributed by atoms with van der Waals surface area (Å²) in [5.41, 5.74) is 5.21. The Kier molecular flexibility index (Phi) is 5.95. The van der Waals surface area contributed by atoms with Crippen molar-refractivity contribution in [1.82, 2.24) is 29.4 Å². The number of fused-ring (bicyclic) bond motifs is 2. The average Bonchev–Trinajstić information content (AvgIpc) is 3.50. The van der Waals surface area contributed by atoms with Crippen molar-refractivity contribution in [1.29, 1.82) is 0 Å². The first-order valence-corrected chi connectivity index (χ1v) is 14.8. The predicted molar refractivity (Wildman–Crippen MR) is 140 cm³/mol. The van der Waals surface area contributed by atoms with Crippen molar-refractivity contribution >= 4 is 48.4 Å². The number of anilines is 1. The average molecular weight is 512 g/mol. The Hall–Kier alpha value is -2.60. The number of thiophene rings is 1. The van der Waals surface area contributed by atoms with Crippen LogP contribution in [-0.4, -0.2) is 83.3 Å². The summed E-state index contributed by atoms with van der Waals surface area (Å²) in [4.78, 5) is 14.8. The second-order valence-electron chi connectivity index (χ2n) is 9.47. The largest absolute Gasteiger partial charge is 0.341 e. The van der Waals surface area contributed by atoms with Gasteiger partial charge in [-0.05, 0) is 30.7 Å². The van der Waals surface area contributed by atoms with Gasteiger partial charge in [-0.1, -0.05) is 12.1 Å². The Labute approximate surface area is 208 Å². The van der Waals surface area contributed by atoms with E-state index < -0.39 is 10.0 Å². The molecule has 184 valence electrons. The molecule has 0 amide bonds. The minimum Gasteiger partial charge on any atom is -0.341 e. The summed E-state index contributed by atoms with van der Waals surface area (Å²) in [6.07, 6.45) is 6.71. The molecule has 5 heterocycles. The van der Waals surface area contributed by atoms with Crippen LogP contribution in [0.3, 0.4) is 0 Å². The van der Waals surface area contributed by atoms with Gasteiger partial charge < -0.3 is 4.90 Å². The first kappa shape index (κ1) is 22.8. The summed E-state index contributed by atoms with van der Waals surface area (Å²) < 4.78 is 26.4. The Morgan fingerprint density at radius 1 is 1.03 bits per heavy atom. The molecule has 6 rings (SSSR count). The fraction of sp³-hybridized carbons (Fsp3) is 0.458. The number of rotatable bonds is 5. The molecule has 2 fully saturated rings. The molecule has 1 N–H and O–H groups in total. The van der Waals surface area contributed by atoms with Gasteiger partial charge in [0.2, 0.25) is 16.0 Å². The molecule has 2 aliphatic rings. The number of piperazine rings is 1. The summed E-state index contributed by atoms with van der Waals surface area (Å²) in [6.45, 7) is 5.23. The molecule has 0 radical (unpaired) electrons. The molecule has 0 unspecified atom stereocenters. The van der Waals surface area contributed by atoms with Gasteiger partial charge in [-0.25, -0.2) is 18.4 Å². The molecule has 35 heavy (non-hydrogen) atoms. The van der Waals surface area contributed by atoms with Gasteiger partial charge in [-0.15, -0.1) is 11.3 Å². The summed E-state index contributed by atoms with van der Waals surface area (Å²) in [5, 5.41) is 10.5. The van der Waals surface area contributed by atoms with E-state index in [0.717, 1.165) is 83.9 Å². The number of hydrogen-bond donors (Lipinski definition) is 1. The Morgan fingerprint density at radius 2 is 1.83 bits per heavy atom. The molecule has 1 aromatic carbocycles. The van der Waals surface area contributed by atoms with Gasteiger partial charge in [0.15, 0.2) is 0 Å². The molecule has 2 saturated heterocycles. The second kappa shape index (κ2) is 9.12. The molecule has 4 aromatic rings. The Morgan fingerprint density at radius 3 is 2.60 bits per heavy atom. The van der Waals surface area contributed by atoms with Crippen LogP contribution in [0.25, 0.3) is 32.4 Å². The maximum Gasteiger partial charge on any atom is 0.226 e. The van der Waals surface area contributed by atoms with E-state index in [1.54, 1.807) is 15.6 Å². The van der Waals surface area contributed by atoms with Crippen molar-refractivity contribution in [2.24, 2.45) is 0 Å². The number of aromatic nitrogens is 4. The molecule has 0 atom stereocenters. The van der Waals surface area contributed by atoms with Crippen LogP contribution in [0, 0.1) is 0 Å². The van der Waals surface area contributed by atoms with Crippen LogP contribution in [0.1, 0.15) is 24.8 Å². The van der Waals surface area contributed by atoms with Gasteiger partial charge in [0.25, 0.3) is 0 Å². The van der Waals surface area contributed by atoms with Gasteiger partial charge in [-0.2, -0.15) is 9.40 Å². The lowest BCUT2D eigenvalue weighted by atomic mass is 10.1. The molecule has 0 saturated carbocycles. The second-order valence-corrected chi connectivity index (χ2v) is 12.3. The minimum atomic E-state index is -3.14. The molecular weight excluding hydrogens is 482 g/mol. The highest BCUT2D eigenvalue weighted by Gasteiger charge is 2.25. The lowest BCUT2D eigenvalue weighted by Crippen LogP contribution is -2.47. The molecule has 9 nitrogen and oxygen atoms in total. The standard InChI is InChI=1S/C24H29N7O2S2/c1-35(32,33)31-11-9-29(10-12-31)15-19-16-34-23-21(17-5-6-18-14-25-28-20(18)13-17)26-24(27-22(19)23)30-7-3-2-4-8-30/h5-6,13-14,16H,2-4,7-12,15H2,1H3,(H,25,28). The van der Waals surface area contributed by atoms with Gasteiger partial charge in [-0.3, -0.25) is 10.00 Å². The number of sulfonamides is 1. The van der Waals surface area contributed by atoms with E-state index in [1.807, 2.05) is 6.20 Å². The normalized spacial score (nSPS) is 18.6. The number of hydrogen-bond acceptors (Lipinski definition) is 8. The van der Waals surface area contributed by atoms with Gasteiger partial charge >= 0.3 is 0 Å². The van der Waals surface area contributed by atoms with E-state index in [0.29, 0.717) is 13.1 Å². The molecule has 0 spiro atoms. The van der Waals surface area contributed by atoms with E-state index in [2.05, 4.69) is 43.6 Å². The van der Waals surface area contributed by atoms with Crippen molar-refractivity contribution in [3.8, 4) is 11.3 Å². The van der Waals surface area contributed by atoms with Crippen LogP contribution in [0.5, 0.6) is 0 Å². The third-order valence-electron chi connectivity index (χ3n) is 7.03. The highest BCUT2D eigenvalue weighted by atomic mass is 32.2. The minimum absolute atomic E-state index is 0.532. The van der Waals surface area contributed by atoms with Crippen LogP contribution in [0.2, 0.25) is 0 Å². The van der Waals surface area contributed by atoms with Crippen molar-refractivity contribution < 1.29 is 8.42 Å². The van der Waals surface area contributed by atoms with Gasteiger partial charge in [0.1, 0.15) is 0 Å². The smallest absolute Gasteiger partial charge is 0.226 e. The highest BCUT2D eigenvalue weighted by molar-refractivity contribution is 7.88. The zero-order valence-electron chi connectivity index (χ0n) is 19.8. The van der Waals surface area contributed by atoms with Gasteiger partial charge in [0.05, 0.1) is 33.9 Å². The summed E-state index contributed by atoms with van der Waals surface area (Å²) >= 11 is 1.69. The lowest BCUT2D eigenvalue weighted by molar-refractivity contribution is 0.183. The van der Waals surface area contributed by atoms with E-state index in [4.69, 9.17) is 9.97 Å². The number of piperidine rings is 1. The van der Waals surface area contributed by atoms with E-state index in [9.17, 15) is 8.42 Å². The molecule has 3 aromatic heterocycles. The van der Waals surface area contributed by atoms with Crippen LogP contribution in [-0.2, 0) is 16.6 Å². The van der Waals surface area contributed by atoms with Crippen molar-refractivity contribution in [2.45, 2.75) is 25.8 Å². The van der Waals surface area contributed by atoms with Gasteiger partial charge in [0, 0.05) is 62.3 Å². The van der Waals surface area contributed by atoms with Crippen molar-refractivity contribution in [2.75, 3.05) is 50.4 Å². The summed E-state index contributed by atoms with van der Waals surface area (Å²) in [6, 6.07) is 6.32. The Bertz CT molecular complexity index is 1470. The number of benzene rings is 1. The molecule has 0 bridgehead atoms. The van der Waals surface area contributed by atoms with Crippen molar-refractivity contribution in [3.63, 3.8) is 0 Å². The van der Waals surface area contributed by atoms with Crippen LogP contribution >= 0.6 is 11.3 Å². The quantitative estimate of drug-likeness (QED) is 0.439. The third-order valence-corrected chi connectivity index (χ3v) is 9.35. The predicted octanol–water partition coefficient (Wildman–Crippen LogP) is 3.30. The van der Waals surface area contributed by atoms with E-state index in [-0.39, 0.29) is 0 Å². The maximum absolute atomic E-state index is 11.9. The molecule has 2 aliphatic heterocycles. The number of aromatic amines is 1. The first-order valence-electron chi connectivity index (χ1n) is 12.1. The zero-order valence-corrected chi connectivity index (χ0v) is 21.4. The van der Waals surface area contributed by atoms with Crippen LogP contribution in [0.15, 0.2) is 29.8 Å². The summed E-state index contributed by atoms with van der Waals surface area (Å²) in [5.74, 6) is 0.804. The highest BCUT2D eigenvalue weighted by Crippen LogP contribution is 2.36. The van der Waals surface area contributed by atoms with E-state index in [1.165, 1.54) is 18.2 Å². The van der Waals surface area contributed by atoms with E-state index >= 15 is 0 Å². The fourth-order valence-electron chi connectivity index (χ4n) is 5.04. The fourth-order valence-corrected chi connectivity index (χ4v) is 6.88. The molecular formula is C24H29N7O2S2. The first-order chi connectivity index (χ1) is 17.0. The monoisotopic (exact) mass is 511 g/mol. The van der Waals surface area contributed by atoms with Crippen molar-refractivity contribution in [3.05, 3.63) is 35.3 Å². The van der Waals surface area contributed by atoms with Crippen LogP contribution in [0.4, 0.5) is 5.95 Å². The maximum atomic E-state index is 11.9. The summed E-state index contributed by atoms with van der Waals surface area (Å²) in [7, 11) is -3.14. The SMILES string of the molecule is CS(=O)(=O)N1CCN(Cc2csc3c(-c4ccc5cn[nH]c5c4)nc(N4CCCCC4)nc23)CC1. The Balaban J connectivity index is 1.37. The number of nitrogens with one attached hydrogen (secondary N) is 1. The number of nitrogens with zero attached hydrogens (tertiary/aromatic N) is 6. The lowest BCUT2D eigenvalue weighted by Gasteiger charge is -2.33. The van der Waals surface area contributed by atoms with Crippen LogP contribution < -0.4 is 4.90 Å². The third kappa shape index (κ3) is 4.53. The topological polar surface area (TPSA) is 98.3 Å². The zero-order chi connectivity index (χ0) is 24.0. The molecule has 11 heteroatoms. The number of H-pyrrole nitrogens is 1.